The first-order chi connectivity index (χ1) is 15.7. The Morgan fingerprint density at radius 1 is 1.21 bits per heavy atom. The van der Waals surface area contributed by atoms with E-state index in [-0.39, 0.29) is 5.92 Å². The second-order valence-electron chi connectivity index (χ2n) is 8.72. The summed E-state index contributed by atoms with van der Waals surface area (Å²) in [6, 6.07) is 9.93. The molecule has 2 unspecified atom stereocenters. The van der Waals surface area contributed by atoms with Crippen LogP contribution in [0.1, 0.15) is 38.3 Å². The van der Waals surface area contributed by atoms with Gasteiger partial charge >= 0.3 is 6.03 Å². The summed E-state index contributed by atoms with van der Waals surface area (Å²) >= 11 is 8.37. The molecule has 2 aromatic rings. The fourth-order valence-electron chi connectivity index (χ4n) is 3.75. The highest BCUT2D eigenvalue weighted by atomic mass is 127. The molecule has 2 atom stereocenters. The highest BCUT2D eigenvalue weighted by molar-refractivity contribution is 14.1. The molecule has 33 heavy (non-hydrogen) atoms. The van der Waals surface area contributed by atoms with Gasteiger partial charge in [-0.3, -0.25) is 9.59 Å². The molecule has 2 N–H and O–H groups in total. The van der Waals surface area contributed by atoms with Crippen molar-refractivity contribution in [3.8, 4) is 5.75 Å². The largest absolute Gasteiger partial charge is 0.493 e. The number of halogens is 2. The van der Waals surface area contributed by atoms with E-state index in [4.69, 9.17) is 16.3 Å². The molecule has 4 rings (SSSR count). The minimum atomic E-state index is -0.987. The fourth-order valence-corrected chi connectivity index (χ4v) is 4.66. The summed E-state index contributed by atoms with van der Waals surface area (Å²) in [4.78, 5) is 40.2. The molecule has 2 aromatic carbocycles. The highest BCUT2D eigenvalue weighted by Crippen LogP contribution is 2.31. The van der Waals surface area contributed by atoms with Crippen LogP contribution in [0.5, 0.6) is 5.75 Å². The van der Waals surface area contributed by atoms with Gasteiger partial charge in [0.1, 0.15) is 17.8 Å². The monoisotopic (exact) mass is 581 g/mol. The lowest BCUT2D eigenvalue weighted by molar-refractivity contribution is -0.135. The molecular formula is C24H25ClIN3O4. The zero-order chi connectivity index (χ0) is 23.7. The normalized spacial score (nSPS) is 18.9. The lowest BCUT2D eigenvalue weighted by Crippen LogP contribution is -2.50. The topological polar surface area (TPSA) is 87.7 Å². The van der Waals surface area contributed by atoms with E-state index in [1.54, 1.807) is 50.2 Å². The average molecular weight is 582 g/mol. The summed E-state index contributed by atoms with van der Waals surface area (Å²) in [5.41, 5.74) is 1.07. The van der Waals surface area contributed by atoms with E-state index in [9.17, 15) is 14.4 Å². The molecular weight excluding hydrogens is 557 g/mol. The van der Waals surface area contributed by atoms with E-state index in [1.165, 1.54) is 12.8 Å². The molecule has 1 aliphatic heterocycles. The molecule has 9 heteroatoms. The van der Waals surface area contributed by atoms with Gasteiger partial charge in [0.05, 0.1) is 17.3 Å². The van der Waals surface area contributed by atoms with Crippen molar-refractivity contribution in [2.45, 2.75) is 38.8 Å². The Kier molecular flexibility index (Phi) is 7.13. The molecule has 0 spiro atoms. The van der Waals surface area contributed by atoms with Crippen molar-refractivity contribution in [3.05, 3.63) is 56.6 Å². The first-order valence-corrected chi connectivity index (χ1v) is 12.3. The number of imide groups is 1. The maximum absolute atomic E-state index is 13.2. The second-order valence-corrected chi connectivity index (χ2v) is 10.4. The van der Waals surface area contributed by atoms with Crippen LogP contribution in [0.2, 0.25) is 5.02 Å². The first-order valence-electron chi connectivity index (χ1n) is 10.9. The van der Waals surface area contributed by atoms with Gasteiger partial charge < -0.3 is 15.4 Å². The summed E-state index contributed by atoms with van der Waals surface area (Å²) < 4.78 is 6.67. The van der Waals surface area contributed by atoms with Crippen LogP contribution < -0.4 is 15.4 Å². The SMILES string of the molecule is CC(C)C(C(=O)Nc1ccc(I)cc1Cl)N1C(=O)NC(c2ccc(OCC3CC3)cc2)C1=O. The molecule has 0 bridgehead atoms. The molecule has 1 aliphatic carbocycles. The van der Waals surface area contributed by atoms with Gasteiger partial charge in [0.25, 0.3) is 5.91 Å². The van der Waals surface area contributed by atoms with Gasteiger partial charge in [0.15, 0.2) is 0 Å². The molecule has 174 valence electrons. The van der Waals surface area contributed by atoms with Crippen molar-refractivity contribution in [3.63, 3.8) is 0 Å². The number of anilines is 1. The number of carbonyl (C=O) groups excluding carboxylic acids is 3. The Labute approximate surface area is 211 Å². The zero-order valence-electron chi connectivity index (χ0n) is 18.3. The second kappa shape index (κ2) is 9.89. The van der Waals surface area contributed by atoms with Crippen LogP contribution in [-0.4, -0.2) is 35.4 Å². The molecule has 0 aromatic heterocycles. The smallest absolute Gasteiger partial charge is 0.325 e. The van der Waals surface area contributed by atoms with E-state index in [0.29, 0.717) is 28.8 Å². The number of nitrogens with zero attached hydrogens (tertiary/aromatic N) is 1. The summed E-state index contributed by atoms with van der Waals surface area (Å²) in [5, 5.41) is 5.86. The Bertz CT molecular complexity index is 1070. The van der Waals surface area contributed by atoms with Crippen LogP contribution in [-0.2, 0) is 9.59 Å². The predicted octanol–water partition coefficient (Wildman–Crippen LogP) is 4.99. The minimum absolute atomic E-state index is 0.306. The van der Waals surface area contributed by atoms with Crippen molar-refractivity contribution in [2.75, 3.05) is 11.9 Å². The van der Waals surface area contributed by atoms with E-state index >= 15 is 0 Å². The van der Waals surface area contributed by atoms with Crippen LogP contribution in [0.15, 0.2) is 42.5 Å². The molecule has 0 radical (unpaired) electrons. The number of carbonyl (C=O) groups is 3. The van der Waals surface area contributed by atoms with E-state index < -0.39 is 29.9 Å². The zero-order valence-corrected chi connectivity index (χ0v) is 21.2. The molecule has 7 nitrogen and oxygen atoms in total. The van der Waals surface area contributed by atoms with Gasteiger partial charge in [-0.25, -0.2) is 9.69 Å². The predicted molar refractivity (Wildman–Crippen MR) is 134 cm³/mol. The van der Waals surface area contributed by atoms with Crippen LogP contribution in [0.4, 0.5) is 10.5 Å². The first kappa shape index (κ1) is 23.8. The molecule has 2 fully saturated rings. The van der Waals surface area contributed by atoms with Crippen LogP contribution in [0.3, 0.4) is 0 Å². The average Bonchev–Trinajstić information content (AvgIpc) is 3.55. The number of benzene rings is 2. The minimum Gasteiger partial charge on any atom is -0.493 e. The van der Waals surface area contributed by atoms with Crippen molar-refractivity contribution in [1.29, 1.82) is 0 Å². The third kappa shape index (κ3) is 5.43. The Morgan fingerprint density at radius 3 is 2.52 bits per heavy atom. The highest BCUT2D eigenvalue weighted by Gasteiger charge is 2.46. The van der Waals surface area contributed by atoms with Gasteiger partial charge in [0.2, 0.25) is 5.91 Å². The van der Waals surface area contributed by atoms with Crippen molar-refractivity contribution in [1.82, 2.24) is 10.2 Å². The maximum atomic E-state index is 13.2. The number of nitrogens with one attached hydrogen (secondary N) is 2. The van der Waals surface area contributed by atoms with Gasteiger partial charge in [0, 0.05) is 3.57 Å². The third-order valence-corrected chi connectivity index (χ3v) is 6.72. The van der Waals surface area contributed by atoms with Crippen molar-refractivity contribution >= 4 is 57.7 Å². The van der Waals surface area contributed by atoms with Gasteiger partial charge in [-0.05, 0) is 83.2 Å². The standard InChI is InChI=1S/C24H25ClIN3O4/c1-13(2)21(22(30)27-19-10-7-16(26)11-18(19)25)29-23(31)20(28-24(29)32)15-5-8-17(9-6-15)33-12-14-3-4-14/h5-11,13-14,20-21H,3-4,12H2,1-2H3,(H,27,30)(H,28,32). The van der Waals surface area contributed by atoms with Crippen molar-refractivity contribution < 1.29 is 19.1 Å². The number of ether oxygens (including phenoxy) is 1. The Morgan fingerprint density at radius 2 is 1.91 bits per heavy atom. The molecule has 2 aliphatic rings. The van der Waals surface area contributed by atoms with Gasteiger partial charge in [-0.2, -0.15) is 0 Å². The molecule has 1 saturated heterocycles. The van der Waals surface area contributed by atoms with Crippen LogP contribution >= 0.6 is 34.2 Å². The van der Waals surface area contributed by atoms with Crippen molar-refractivity contribution in [2.24, 2.45) is 11.8 Å². The molecule has 1 saturated carbocycles. The van der Waals surface area contributed by atoms with Crippen LogP contribution in [0.25, 0.3) is 0 Å². The van der Waals surface area contributed by atoms with E-state index in [0.717, 1.165) is 14.2 Å². The quantitative estimate of drug-likeness (QED) is 0.340. The van der Waals surface area contributed by atoms with E-state index in [2.05, 4.69) is 33.2 Å². The summed E-state index contributed by atoms with van der Waals surface area (Å²) in [7, 11) is 0. The number of urea groups is 1. The number of amides is 4. The number of hydrogen-bond donors (Lipinski definition) is 2. The fraction of sp³-hybridized carbons (Fsp3) is 0.375. The third-order valence-electron chi connectivity index (χ3n) is 5.73. The molecule has 4 amide bonds. The Balaban J connectivity index is 1.49. The number of hydrogen-bond acceptors (Lipinski definition) is 4. The summed E-state index contributed by atoms with van der Waals surface area (Å²) in [6.07, 6.45) is 2.41. The van der Waals surface area contributed by atoms with Gasteiger partial charge in [-0.1, -0.05) is 37.6 Å². The van der Waals surface area contributed by atoms with E-state index in [1.807, 2.05) is 6.07 Å². The number of rotatable bonds is 8. The Hall–Kier alpha value is -2.33. The lowest BCUT2D eigenvalue weighted by Gasteiger charge is -2.27. The molecule has 1 heterocycles. The van der Waals surface area contributed by atoms with Gasteiger partial charge in [-0.15, -0.1) is 0 Å². The summed E-state index contributed by atoms with van der Waals surface area (Å²) in [6.45, 7) is 4.28. The summed E-state index contributed by atoms with van der Waals surface area (Å²) in [5.74, 6) is 0.130. The van der Waals surface area contributed by atoms with Crippen LogP contribution in [0, 0.1) is 15.4 Å². The maximum Gasteiger partial charge on any atom is 0.325 e. The lowest BCUT2D eigenvalue weighted by atomic mass is 10.0.